The molecule has 1 aromatic carbocycles. The van der Waals surface area contributed by atoms with Crippen LogP contribution in [-0.2, 0) is 4.79 Å². The van der Waals surface area contributed by atoms with E-state index in [1.807, 2.05) is 45.0 Å². The van der Waals surface area contributed by atoms with E-state index in [-0.39, 0.29) is 18.3 Å². The molecule has 0 aliphatic carbocycles. The zero-order chi connectivity index (χ0) is 12.9. The van der Waals surface area contributed by atoms with Crippen molar-refractivity contribution in [2.75, 3.05) is 18.5 Å². The Bertz CT molecular complexity index is 377. The van der Waals surface area contributed by atoms with Crippen molar-refractivity contribution < 1.29 is 9.53 Å². The third-order valence-electron chi connectivity index (χ3n) is 2.55. The lowest BCUT2D eigenvalue weighted by atomic mass is 9.92. The van der Waals surface area contributed by atoms with Gasteiger partial charge in [-0.15, -0.1) is 12.4 Å². The maximum absolute atomic E-state index is 11.9. The number of rotatable bonds is 5. The molecule has 4 nitrogen and oxygen atoms in total. The lowest BCUT2D eigenvalue weighted by Crippen LogP contribution is -2.37. The molecule has 1 rings (SSSR count). The van der Waals surface area contributed by atoms with Crippen LogP contribution in [0.25, 0.3) is 0 Å². The number of ether oxygens (including phenoxy) is 1. The quantitative estimate of drug-likeness (QED) is 0.865. The number of carbonyl (C=O) groups is 1. The van der Waals surface area contributed by atoms with Gasteiger partial charge in [-0.05, 0) is 45.0 Å². The largest absolute Gasteiger partial charge is 0.494 e. The summed E-state index contributed by atoms with van der Waals surface area (Å²) in [5, 5.41) is 2.83. The van der Waals surface area contributed by atoms with Crippen LogP contribution in [0.1, 0.15) is 20.8 Å². The molecule has 0 aliphatic rings. The Kier molecular flexibility index (Phi) is 6.73. The lowest BCUT2D eigenvalue weighted by molar-refractivity contribution is -0.123. The van der Waals surface area contributed by atoms with Crippen LogP contribution < -0.4 is 15.8 Å². The highest BCUT2D eigenvalue weighted by Gasteiger charge is 2.25. The summed E-state index contributed by atoms with van der Waals surface area (Å²) in [5.41, 5.74) is 5.74. The van der Waals surface area contributed by atoms with E-state index in [1.165, 1.54) is 0 Å². The van der Waals surface area contributed by atoms with E-state index < -0.39 is 5.41 Å². The Labute approximate surface area is 114 Å². The fourth-order valence-corrected chi connectivity index (χ4v) is 1.19. The number of amides is 1. The second-order valence-electron chi connectivity index (χ2n) is 4.50. The molecule has 1 amide bonds. The molecule has 18 heavy (non-hydrogen) atoms. The highest BCUT2D eigenvalue weighted by Crippen LogP contribution is 2.19. The van der Waals surface area contributed by atoms with Crippen LogP contribution in [0.2, 0.25) is 0 Å². The molecule has 0 aromatic heterocycles. The maximum Gasteiger partial charge on any atom is 0.231 e. The summed E-state index contributed by atoms with van der Waals surface area (Å²) in [6, 6.07) is 7.29. The van der Waals surface area contributed by atoms with Crippen LogP contribution in [0.4, 0.5) is 5.69 Å². The van der Waals surface area contributed by atoms with Crippen molar-refractivity contribution in [3.63, 3.8) is 0 Å². The average molecular weight is 273 g/mol. The molecular weight excluding hydrogens is 252 g/mol. The minimum absolute atomic E-state index is 0. The molecular formula is C13H21ClN2O2. The third kappa shape index (κ3) is 4.55. The zero-order valence-corrected chi connectivity index (χ0v) is 11.8. The van der Waals surface area contributed by atoms with E-state index in [2.05, 4.69) is 5.32 Å². The lowest BCUT2D eigenvalue weighted by Gasteiger charge is -2.21. The van der Waals surface area contributed by atoms with Gasteiger partial charge in [-0.2, -0.15) is 0 Å². The summed E-state index contributed by atoms with van der Waals surface area (Å²) in [4.78, 5) is 11.9. The van der Waals surface area contributed by atoms with Gasteiger partial charge in [0.25, 0.3) is 0 Å². The Morgan fingerprint density at radius 1 is 1.33 bits per heavy atom. The van der Waals surface area contributed by atoms with Gasteiger partial charge < -0.3 is 15.8 Å². The smallest absolute Gasteiger partial charge is 0.231 e. The molecule has 0 saturated heterocycles. The molecule has 1 aromatic rings. The second-order valence-corrected chi connectivity index (χ2v) is 4.50. The number of hydrogen-bond donors (Lipinski definition) is 2. The Morgan fingerprint density at radius 2 is 1.89 bits per heavy atom. The van der Waals surface area contributed by atoms with Gasteiger partial charge in [0, 0.05) is 12.2 Å². The third-order valence-corrected chi connectivity index (χ3v) is 2.55. The van der Waals surface area contributed by atoms with Crippen molar-refractivity contribution in [1.82, 2.24) is 0 Å². The van der Waals surface area contributed by atoms with Crippen molar-refractivity contribution >= 4 is 24.0 Å². The number of carbonyl (C=O) groups excluding carboxylic acids is 1. The Morgan fingerprint density at radius 3 is 2.33 bits per heavy atom. The molecule has 0 bridgehead atoms. The van der Waals surface area contributed by atoms with Gasteiger partial charge in [0.2, 0.25) is 5.91 Å². The SMILES string of the molecule is CCOc1ccc(NC(=O)C(C)(C)CN)cc1.Cl. The van der Waals surface area contributed by atoms with Crippen molar-refractivity contribution in [2.45, 2.75) is 20.8 Å². The predicted molar refractivity (Wildman–Crippen MR) is 76.3 cm³/mol. The minimum atomic E-state index is -0.557. The van der Waals surface area contributed by atoms with Crippen LogP contribution in [0.5, 0.6) is 5.75 Å². The van der Waals surface area contributed by atoms with Crippen LogP contribution in [-0.4, -0.2) is 19.1 Å². The van der Waals surface area contributed by atoms with Crippen molar-refractivity contribution in [2.24, 2.45) is 11.1 Å². The molecule has 0 saturated carbocycles. The van der Waals surface area contributed by atoms with Gasteiger partial charge in [-0.3, -0.25) is 4.79 Å². The monoisotopic (exact) mass is 272 g/mol. The summed E-state index contributed by atoms with van der Waals surface area (Å²) >= 11 is 0. The fourth-order valence-electron chi connectivity index (χ4n) is 1.19. The number of nitrogens with one attached hydrogen (secondary N) is 1. The maximum atomic E-state index is 11.9. The summed E-state index contributed by atoms with van der Waals surface area (Å²) in [6.45, 7) is 6.51. The highest BCUT2D eigenvalue weighted by atomic mass is 35.5. The van der Waals surface area contributed by atoms with Gasteiger partial charge in [-0.25, -0.2) is 0 Å². The van der Waals surface area contributed by atoms with E-state index in [0.717, 1.165) is 11.4 Å². The first kappa shape index (κ1) is 16.7. The molecule has 3 N–H and O–H groups in total. The predicted octanol–water partition coefficient (Wildman–Crippen LogP) is 2.43. The van der Waals surface area contributed by atoms with Crippen LogP contribution >= 0.6 is 12.4 Å². The molecule has 0 fully saturated rings. The van der Waals surface area contributed by atoms with Crippen molar-refractivity contribution in [3.8, 4) is 5.75 Å². The first-order valence-corrected chi connectivity index (χ1v) is 5.74. The molecule has 0 aliphatic heterocycles. The Balaban J connectivity index is 0.00000289. The topological polar surface area (TPSA) is 64.3 Å². The normalized spacial score (nSPS) is 10.4. The Hall–Kier alpha value is -1.26. The molecule has 5 heteroatoms. The second kappa shape index (κ2) is 7.24. The van der Waals surface area contributed by atoms with Crippen LogP contribution in [0.15, 0.2) is 24.3 Å². The van der Waals surface area contributed by atoms with Gasteiger partial charge >= 0.3 is 0 Å². The number of anilines is 1. The van der Waals surface area contributed by atoms with E-state index in [9.17, 15) is 4.79 Å². The first-order valence-electron chi connectivity index (χ1n) is 5.74. The zero-order valence-electron chi connectivity index (χ0n) is 11.0. The molecule has 0 unspecified atom stereocenters. The summed E-state index contributed by atoms with van der Waals surface area (Å²) in [5.74, 6) is 0.716. The average Bonchev–Trinajstić information content (AvgIpc) is 2.32. The van der Waals surface area contributed by atoms with Crippen molar-refractivity contribution in [1.29, 1.82) is 0 Å². The van der Waals surface area contributed by atoms with E-state index in [1.54, 1.807) is 0 Å². The van der Waals surface area contributed by atoms with E-state index in [0.29, 0.717) is 13.2 Å². The number of benzene rings is 1. The first-order chi connectivity index (χ1) is 7.99. The molecule has 0 atom stereocenters. The molecule has 0 heterocycles. The summed E-state index contributed by atoms with van der Waals surface area (Å²) in [6.07, 6.45) is 0. The fraction of sp³-hybridized carbons (Fsp3) is 0.462. The van der Waals surface area contributed by atoms with E-state index in [4.69, 9.17) is 10.5 Å². The minimum Gasteiger partial charge on any atom is -0.494 e. The summed E-state index contributed by atoms with van der Waals surface area (Å²) < 4.78 is 5.32. The molecule has 102 valence electrons. The van der Waals surface area contributed by atoms with Crippen LogP contribution in [0.3, 0.4) is 0 Å². The standard InChI is InChI=1S/C13H20N2O2.ClH/c1-4-17-11-7-5-10(6-8-11)15-12(16)13(2,3)9-14;/h5-8H,4,9,14H2,1-3H3,(H,15,16);1H. The highest BCUT2D eigenvalue weighted by molar-refractivity contribution is 5.95. The van der Waals surface area contributed by atoms with Crippen LogP contribution in [0, 0.1) is 5.41 Å². The van der Waals surface area contributed by atoms with Gasteiger partial charge in [-0.1, -0.05) is 0 Å². The number of hydrogen-bond acceptors (Lipinski definition) is 3. The van der Waals surface area contributed by atoms with Gasteiger partial charge in [0.05, 0.1) is 12.0 Å². The van der Waals surface area contributed by atoms with E-state index >= 15 is 0 Å². The van der Waals surface area contributed by atoms with Gasteiger partial charge in [0.15, 0.2) is 0 Å². The van der Waals surface area contributed by atoms with Crippen molar-refractivity contribution in [3.05, 3.63) is 24.3 Å². The molecule has 0 spiro atoms. The number of nitrogens with two attached hydrogens (primary N) is 1. The number of halogens is 1. The van der Waals surface area contributed by atoms with Gasteiger partial charge in [0.1, 0.15) is 5.75 Å². The summed E-state index contributed by atoms with van der Waals surface area (Å²) in [7, 11) is 0. The molecule has 0 radical (unpaired) electrons.